The molecule has 2 aromatic rings. The quantitative estimate of drug-likeness (QED) is 0.902. The second-order valence-electron chi connectivity index (χ2n) is 5.28. The largest absolute Gasteiger partial charge is 0.495 e. The monoisotopic (exact) mass is 271 g/mol. The number of aromatic nitrogens is 2. The van der Waals surface area contributed by atoms with Crippen molar-refractivity contribution in [2.75, 3.05) is 12.4 Å². The zero-order valence-corrected chi connectivity index (χ0v) is 11.9. The van der Waals surface area contributed by atoms with Gasteiger partial charge in [0.15, 0.2) is 0 Å². The van der Waals surface area contributed by atoms with Crippen molar-refractivity contribution >= 4 is 5.69 Å². The van der Waals surface area contributed by atoms with E-state index in [0.717, 1.165) is 23.7 Å². The van der Waals surface area contributed by atoms with Crippen LogP contribution in [0.3, 0.4) is 0 Å². The fraction of sp³-hybridized carbons (Fsp3) is 0.438. The van der Waals surface area contributed by atoms with Crippen LogP contribution < -0.4 is 10.1 Å². The minimum atomic E-state index is 0.606. The number of ether oxygens (including phenoxy) is 1. The van der Waals surface area contributed by atoms with Crippen molar-refractivity contribution in [3.8, 4) is 5.75 Å². The van der Waals surface area contributed by atoms with E-state index in [0.29, 0.717) is 6.04 Å². The van der Waals surface area contributed by atoms with Crippen LogP contribution in [0.5, 0.6) is 5.75 Å². The molecule has 20 heavy (non-hydrogen) atoms. The van der Waals surface area contributed by atoms with Gasteiger partial charge in [-0.1, -0.05) is 25.0 Å². The van der Waals surface area contributed by atoms with E-state index in [1.54, 1.807) is 7.11 Å². The fourth-order valence-corrected chi connectivity index (χ4v) is 2.82. The van der Waals surface area contributed by atoms with Gasteiger partial charge in [0.1, 0.15) is 5.75 Å². The van der Waals surface area contributed by atoms with Crippen LogP contribution in [0.15, 0.2) is 36.5 Å². The van der Waals surface area contributed by atoms with E-state index in [2.05, 4.69) is 27.4 Å². The molecule has 0 amide bonds. The molecule has 0 spiro atoms. The van der Waals surface area contributed by atoms with Gasteiger partial charge < -0.3 is 10.1 Å². The smallest absolute Gasteiger partial charge is 0.141 e. The highest BCUT2D eigenvalue weighted by Crippen LogP contribution is 2.29. The minimum Gasteiger partial charge on any atom is -0.495 e. The van der Waals surface area contributed by atoms with Gasteiger partial charge in [0.25, 0.3) is 0 Å². The van der Waals surface area contributed by atoms with Crippen LogP contribution in [0.4, 0.5) is 5.69 Å². The molecule has 1 aliphatic carbocycles. The summed E-state index contributed by atoms with van der Waals surface area (Å²) in [6.07, 6.45) is 7.30. The highest BCUT2D eigenvalue weighted by molar-refractivity contribution is 5.56. The highest BCUT2D eigenvalue weighted by atomic mass is 16.5. The van der Waals surface area contributed by atoms with Crippen LogP contribution in [0.25, 0.3) is 0 Å². The number of methoxy groups -OCH3 is 1. The predicted molar refractivity (Wildman–Crippen MR) is 80.1 cm³/mol. The molecule has 1 saturated carbocycles. The number of hydrogen-bond donors (Lipinski definition) is 1. The standard InChI is InChI=1S/C16H21N3O/c1-20-16-9-5-4-8-15(16)17-12-13-10-11-19(18-13)14-6-2-3-7-14/h4-5,8-11,14,17H,2-3,6-7,12H2,1H3. The number of nitrogens with one attached hydrogen (secondary N) is 1. The molecule has 3 rings (SSSR count). The molecule has 4 nitrogen and oxygen atoms in total. The van der Waals surface area contributed by atoms with E-state index >= 15 is 0 Å². The van der Waals surface area contributed by atoms with E-state index in [1.165, 1.54) is 25.7 Å². The number of anilines is 1. The number of para-hydroxylation sites is 2. The molecule has 0 radical (unpaired) electrons. The Morgan fingerprint density at radius 3 is 2.85 bits per heavy atom. The number of hydrogen-bond acceptors (Lipinski definition) is 3. The summed E-state index contributed by atoms with van der Waals surface area (Å²) in [5.74, 6) is 0.864. The Morgan fingerprint density at radius 2 is 2.05 bits per heavy atom. The van der Waals surface area contributed by atoms with Gasteiger partial charge in [-0.25, -0.2) is 0 Å². The topological polar surface area (TPSA) is 39.1 Å². The van der Waals surface area contributed by atoms with Gasteiger partial charge in [-0.05, 0) is 31.0 Å². The van der Waals surface area contributed by atoms with E-state index in [4.69, 9.17) is 4.74 Å². The third kappa shape index (κ3) is 2.79. The second kappa shape index (κ2) is 5.99. The molecule has 1 aromatic carbocycles. The average molecular weight is 271 g/mol. The Bertz CT molecular complexity index is 558. The molecule has 1 N–H and O–H groups in total. The third-order valence-electron chi connectivity index (χ3n) is 3.93. The number of benzene rings is 1. The average Bonchev–Trinajstić information content (AvgIpc) is 3.16. The van der Waals surface area contributed by atoms with Gasteiger partial charge in [-0.15, -0.1) is 0 Å². The lowest BCUT2D eigenvalue weighted by atomic mass is 10.3. The first-order chi connectivity index (χ1) is 9.86. The Kier molecular flexibility index (Phi) is 3.90. The van der Waals surface area contributed by atoms with Crippen molar-refractivity contribution in [3.63, 3.8) is 0 Å². The molecule has 4 heteroatoms. The molecule has 0 unspecified atom stereocenters. The Hall–Kier alpha value is -1.97. The maximum atomic E-state index is 5.33. The predicted octanol–water partition coefficient (Wildman–Crippen LogP) is 3.62. The molecule has 0 bridgehead atoms. The summed E-state index contributed by atoms with van der Waals surface area (Å²) in [5.41, 5.74) is 2.08. The number of rotatable bonds is 5. The third-order valence-corrected chi connectivity index (χ3v) is 3.93. The molecule has 0 atom stereocenters. The molecule has 1 aromatic heterocycles. The first kappa shape index (κ1) is 13.0. The van der Waals surface area contributed by atoms with Gasteiger partial charge in [-0.3, -0.25) is 4.68 Å². The Balaban J connectivity index is 1.63. The SMILES string of the molecule is COc1ccccc1NCc1ccn(C2CCCC2)n1. The van der Waals surface area contributed by atoms with Gasteiger partial charge >= 0.3 is 0 Å². The normalized spacial score (nSPS) is 15.4. The Labute approximate surface area is 119 Å². The molecular formula is C16H21N3O. The van der Waals surface area contributed by atoms with Crippen LogP contribution in [-0.4, -0.2) is 16.9 Å². The molecule has 1 aliphatic rings. The Morgan fingerprint density at radius 1 is 1.25 bits per heavy atom. The van der Waals surface area contributed by atoms with Gasteiger partial charge in [0.2, 0.25) is 0 Å². The molecular weight excluding hydrogens is 250 g/mol. The first-order valence-corrected chi connectivity index (χ1v) is 7.28. The second-order valence-corrected chi connectivity index (χ2v) is 5.28. The maximum Gasteiger partial charge on any atom is 0.141 e. The molecule has 0 aliphatic heterocycles. The summed E-state index contributed by atoms with van der Waals surface area (Å²) >= 11 is 0. The summed E-state index contributed by atoms with van der Waals surface area (Å²) < 4.78 is 7.46. The molecule has 1 heterocycles. The summed E-state index contributed by atoms with van der Waals surface area (Å²) in [6, 6.07) is 10.7. The molecule has 106 valence electrons. The zero-order chi connectivity index (χ0) is 13.8. The lowest BCUT2D eigenvalue weighted by molar-refractivity contribution is 0.416. The van der Waals surface area contributed by atoms with E-state index < -0.39 is 0 Å². The fourth-order valence-electron chi connectivity index (χ4n) is 2.82. The van der Waals surface area contributed by atoms with Crippen LogP contribution >= 0.6 is 0 Å². The van der Waals surface area contributed by atoms with Crippen molar-refractivity contribution in [1.29, 1.82) is 0 Å². The van der Waals surface area contributed by atoms with Crippen LogP contribution in [-0.2, 0) is 6.54 Å². The van der Waals surface area contributed by atoms with Crippen molar-refractivity contribution in [2.45, 2.75) is 38.3 Å². The van der Waals surface area contributed by atoms with E-state index in [1.807, 2.05) is 24.3 Å². The summed E-state index contributed by atoms with van der Waals surface area (Å²) in [4.78, 5) is 0. The van der Waals surface area contributed by atoms with Crippen molar-refractivity contribution in [3.05, 3.63) is 42.2 Å². The zero-order valence-electron chi connectivity index (χ0n) is 11.9. The van der Waals surface area contributed by atoms with E-state index in [-0.39, 0.29) is 0 Å². The maximum absolute atomic E-state index is 5.33. The van der Waals surface area contributed by atoms with Crippen molar-refractivity contribution in [1.82, 2.24) is 9.78 Å². The minimum absolute atomic E-state index is 0.606. The highest BCUT2D eigenvalue weighted by Gasteiger charge is 2.17. The van der Waals surface area contributed by atoms with Crippen molar-refractivity contribution in [2.24, 2.45) is 0 Å². The summed E-state index contributed by atoms with van der Waals surface area (Å²) in [7, 11) is 1.69. The van der Waals surface area contributed by atoms with Crippen LogP contribution in [0.1, 0.15) is 37.4 Å². The van der Waals surface area contributed by atoms with Gasteiger partial charge in [0.05, 0.1) is 31.1 Å². The van der Waals surface area contributed by atoms with Crippen LogP contribution in [0, 0.1) is 0 Å². The summed E-state index contributed by atoms with van der Waals surface area (Å²) in [5, 5.41) is 8.06. The van der Waals surface area contributed by atoms with Gasteiger partial charge in [0, 0.05) is 6.20 Å². The van der Waals surface area contributed by atoms with Crippen molar-refractivity contribution < 1.29 is 4.74 Å². The summed E-state index contributed by atoms with van der Waals surface area (Å²) in [6.45, 7) is 0.722. The lowest BCUT2D eigenvalue weighted by Gasteiger charge is -2.10. The van der Waals surface area contributed by atoms with E-state index in [9.17, 15) is 0 Å². The first-order valence-electron chi connectivity index (χ1n) is 7.28. The number of nitrogens with zero attached hydrogens (tertiary/aromatic N) is 2. The molecule has 1 fully saturated rings. The van der Waals surface area contributed by atoms with Crippen LogP contribution in [0.2, 0.25) is 0 Å². The molecule has 0 saturated heterocycles. The lowest BCUT2D eigenvalue weighted by Crippen LogP contribution is -2.07. The van der Waals surface area contributed by atoms with Gasteiger partial charge in [-0.2, -0.15) is 5.10 Å².